The maximum atomic E-state index is 6.17. The molecule has 0 N–H and O–H groups in total. The second-order valence-electron chi connectivity index (χ2n) is 4.15. The molecule has 2 rings (SSSR count). The average molecular weight is 259 g/mol. The zero-order valence-electron chi connectivity index (χ0n) is 9.20. The van der Waals surface area contributed by atoms with E-state index < -0.39 is 0 Å². The summed E-state index contributed by atoms with van der Waals surface area (Å²) in [6, 6.07) is 2.60. The molecule has 88 valence electrons. The fourth-order valence-corrected chi connectivity index (χ4v) is 2.75. The van der Waals surface area contributed by atoms with E-state index in [1.807, 2.05) is 6.07 Å². The molecule has 1 atom stereocenters. The summed E-state index contributed by atoms with van der Waals surface area (Å²) in [6.45, 7) is 1.09. The van der Waals surface area contributed by atoms with Crippen LogP contribution < -0.4 is 4.90 Å². The van der Waals surface area contributed by atoms with Gasteiger partial charge in [0, 0.05) is 30.9 Å². The number of hydrogen-bond acceptors (Lipinski definition) is 2. The molecule has 0 saturated carbocycles. The molecule has 1 aromatic rings. The molecule has 0 aliphatic carbocycles. The second kappa shape index (κ2) is 5.74. The highest BCUT2D eigenvalue weighted by atomic mass is 35.5. The van der Waals surface area contributed by atoms with E-state index in [0.717, 1.165) is 36.0 Å². The minimum absolute atomic E-state index is 0.596. The van der Waals surface area contributed by atoms with Gasteiger partial charge in [0.2, 0.25) is 0 Å². The number of pyridine rings is 1. The summed E-state index contributed by atoms with van der Waals surface area (Å²) in [4.78, 5) is 6.42. The molecule has 4 heteroatoms. The number of hydrogen-bond donors (Lipinski definition) is 0. The Balaban J connectivity index is 2.10. The molecule has 1 aromatic heterocycles. The molecule has 16 heavy (non-hydrogen) atoms. The predicted octanol–water partition coefficient (Wildman–Crippen LogP) is 3.72. The van der Waals surface area contributed by atoms with Gasteiger partial charge in [0.25, 0.3) is 0 Å². The van der Waals surface area contributed by atoms with E-state index in [2.05, 4.69) is 9.88 Å². The number of nitrogens with zero attached hydrogens (tertiary/aromatic N) is 2. The van der Waals surface area contributed by atoms with Crippen LogP contribution in [0.15, 0.2) is 18.5 Å². The van der Waals surface area contributed by atoms with Crippen LogP contribution in [-0.2, 0) is 0 Å². The molecule has 2 heterocycles. The summed E-state index contributed by atoms with van der Waals surface area (Å²) in [7, 11) is 0. The Labute approximate surface area is 107 Å². The van der Waals surface area contributed by atoms with E-state index in [4.69, 9.17) is 23.2 Å². The Kier molecular flexibility index (Phi) is 4.30. The zero-order chi connectivity index (χ0) is 11.4. The largest absolute Gasteiger partial charge is 0.367 e. The summed E-state index contributed by atoms with van der Waals surface area (Å²) < 4.78 is 0. The Morgan fingerprint density at radius 3 is 3.12 bits per heavy atom. The van der Waals surface area contributed by atoms with Crippen LogP contribution >= 0.6 is 23.2 Å². The van der Waals surface area contributed by atoms with Crippen LogP contribution in [0, 0.1) is 0 Å². The molecule has 0 aromatic carbocycles. The van der Waals surface area contributed by atoms with Crippen molar-refractivity contribution in [2.75, 3.05) is 17.3 Å². The number of rotatable bonds is 4. The van der Waals surface area contributed by atoms with Crippen molar-refractivity contribution in [1.82, 2.24) is 4.98 Å². The van der Waals surface area contributed by atoms with Gasteiger partial charge in [-0.2, -0.15) is 0 Å². The minimum atomic E-state index is 0.596. The van der Waals surface area contributed by atoms with Gasteiger partial charge in [-0.1, -0.05) is 11.6 Å². The lowest BCUT2D eigenvalue weighted by atomic mass is 10.1. The quantitative estimate of drug-likeness (QED) is 0.766. The van der Waals surface area contributed by atoms with Gasteiger partial charge in [0.05, 0.1) is 10.7 Å². The van der Waals surface area contributed by atoms with Gasteiger partial charge in [0.1, 0.15) is 0 Å². The maximum Gasteiger partial charge on any atom is 0.0822 e. The van der Waals surface area contributed by atoms with Gasteiger partial charge in [-0.05, 0) is 31.7 Å². The minimum Gasteiger partial charge on any atom is -0.367 e. The fourth-order valence-electron chi connectivity index (χ4n) is 2.37. The Hall–Kier alpha value is -0.470. The van der Waals surface area contributed by atoms with Crippen LogP contribution in [0.3, 0.4) is 0 Å². The van der Waals surface area contributed by atoms with Crippen LogP contribution in [-0.4, -0.2) is 23.5 Å². The van der Waals surface area contributed by atoms with Gasteiger partial charge in [0.15, 0.2) is 0 Å². The summed E-state index contributed by atoms with van der Waals surface area (Å²) >= 11 is 11.9. The smallest absolute Gasteiger partial charge is 0.0822 e. The fraction of sp³-hybridized carbons (Fsp3) is 0.583. The van der Waals surface area contributed by atoms with Gasteiger partial charge < -0.3 is 4.90 Å². The highest BCUT2D eigenvalue weighted by molar-refractivity contribution is 6.33. The van der Waals surface area contributed by atoms with E-state index in [0.29, 0.717) is 6.04 Å². The van der Waals surface area contributed by atoms with Crippen molar-refractivity contribution in [3.8, 4) is 0 Å². The molecule has 0 radical (unpaired) electrons. The van der Waals surface area contributed by atoms with Crippen LogP contribution in [0.2, 0.25) is 5.02 Å². The number of anilines is 1. The van der Waals surface area contributed by atoms with Crippen LogP contribution in [0.5, 0.6) is 0 Å². The van der Waals surface area contributed by atoms with Crippen molar-refractivity contribution in [2.24, 2.45) is 0 Å². The average Bonchev–Trinajstić information content (AvgIpc) is 2.75. The Morgan fingerprint density at radius 2 is 2.38 bits per heavy atom. The van der Waals surface area contributed by atoms with Crippen molar-refractivity contribution in [1.29, 1.82) is 0 Å². The Morgan fingerprint density at radius 1 is 1.50 bits per heavy atom. The molecule has 1 saturated heterocycles. The molecule has 0 bridgehead atoms. The third-order valence-electron chi connectivity index (χ3n) is 3.11. The molecule has 1 aliphatic rings. The molecule has 0 amide bonds. The third-order valence-corrected chi connectivity index (χ3v) is 3.67. The van der Waals surface area contributed by atoms with Crippen molar-refractivity contribution >= 4 is 28.9 Å². The second-order valence-corrected chi connectivity index (χ2v) is 4.93. The van der Waals surface area contributed by atoms with Gasteiger partial charge >= 0.3 is 0 Å². The highest BCUT2D eigenvalue weighted by Gasteiger charge is 2.25. The first-order valence-electron chi connectivity index (χ1n) is 5.75. The Bertz CT molecular complexity index is 344. The van der Waals surface area contributed by atoms with E-state index in [9.17, 15) is 0 Å². The number of alkyl halides is 1. The normalized spacial score (nSPS) is 20.4. The third kappa shape index (κ3) is 2.61. The van der Waals surface area contributed by atoms with Gasteiger partial charge in [-0.3, -0.25) is 4.98 Å². The lowest BCUT2D eigenvalue weighted by Crippen LogP contribution is -2.29. The number of halogens is 2. The first-order chi connectivity index (χ1) is 7.83. The van der Waals surface area contributed by atoms with Crippen LogP contribution in [0.4, 0.5) is 5.69 Å². The molecule has 1 unspecified atom stereocenters. The number of aromatic nitrogens is 1. The van der Waals surface area contributed by atoms with Crippen LogP contribution in [0.25, 0.3) is 0 Å². The first-order valence-corrected chi connectivity index (χ1v) is 6.66. The van der Waals surface area contributed by atoms with E-state index in [1.54, 1.807) is 12.4 Å². The van der Waals surface area contributed by atoms with Gasteiger partial charge in [-0.15, -0.1) is 11.6 Å². The van der Waals surface area contributed by atoms with E-state index >= 15 is 0 Å². The SMILES string of the molecule is ClCCCC1CCCN1c1ccncc1Cl. The van der Waals surface area contributed by atoms with Crippen molar-refractivity contribution in [2.45, 2.75) is 31.7 Å². The van der Waals surface area contributed by atoms with Crippen molar-refractivity contribution < 1.29 is 0 Å². The molecule has 1 fully saturated rings. The van der Waals surface area contributed by atoms with E-state index in [-0.39, 0.29) is 0 Å². The van der Waals surface area contributed by atoms with Crippen molar-refractivity contribution in [3.63, 3.8) is 0 Å². The molecule has 2 nitrogen and oxygen atoms in total. The first kappa shape index (κ1) is 12.0. The summed E-state index contributed by atoms with van der Waals surface area (Å²) in [5.74, 6) is 0.744. The summed E-state index contributed by atoms with van der Waals surface area (Å²) in [5.41, 5.74) is 1.12. The molecular weight excluding hydrogens is 243 g/mol. The summed E-state index contributed by atoms with van der Waals surface area (Å²) in [6.07, 6.45) is 8.24. The lowest BCUT2D eigenvalue weighted by Gasteiger charge is -2.27. The highest BCUT2D eigenvalue weighted by Crippen LogP contribution is 2.32. The molecular formula is C12H16Cl2N2. The predicted molar refractivity (Wildman–Crippen MR) is 69.6 cm³/mol. The topological polar surface area (TPSA) is 16.1 Å². The van der Waals surface area contributed by atoms with Gasteiger partial charge in [-0.25, -0.2) is 0 Å². The summed E-state index contributed by atoms with van der Waals surface area (Å²) in [5, 5.41) is 0.750. The standard InChI is InChI=1S/C12H16Cl2N2/c13-6-1-3-10-4-2-8-16(10)12-5-7-15-9-11(12)14/h5,7,9-10H,1-4,6,8H2. The monoisotopic (exact) mass is 258 g/mol. The van der Waals surface area contributed by atoms with Crippen molar-refractivity contribution in [3.05, 3.63) is 23.5 Å². The molecule has 1 aliphatic heterocycles. The lowest BCUT2D eigenvalue weighted by molar-refractivity contribution is 0.602. The van der Waals surface area contributed by atoms with Crippen LogP contribution in [0.1, 0.15) is 25.7 Å². The zero-order valence-corrected chi connectivity index (χ0v) is 10.7. The molecule has 0 spiro atoms. The maximum absolute atomic E-state index is 6.17. The van der Waals surface area contributed by atoms with E-state index in [1.165, 1.54) is 12.8 Å².